The topological polar surface area (TPSA) is 38.7 Å². The van der Waals surface area contributed by atoms with Crippen LogP contribution in [0, 0.1) is 17.3 Å². The third kappa shape index (κ3) is 4.60. The summed E-state index contributed by atoms with van der Waals surface area (Å²) in [5.41, 5.74) is 5.01. The zero-order valence-corrected chi connectivity index (χ0v) is 23.4. The van der Waals surface area contributed by atoms with Crippen LogP contribution in [0.1, 0.15) is 95.2 Å². The van der Waals surface area contributed by atoms with Crippen LogP contribution >= 0.6 is 0 Å². The Balaban J connectivity index is 1.79. The molecule has 2 aromatic rings. The van der Waals surface area contributed by atoms with Gasteiger partial charge < -0.3 is 14.6 Å². The fraction of sp³-hybridized carbons (Fsp3) is 0.576. The Morgan fingerprint density at radius 2 is 1.67 bits per heavy atom. The second kappa shape index (κ2) is 10.6. The minimum absolute atomic E-state index is 0.103. The van der Waals surface area contributed by atoms with Gasteiger partial charge in [-0.15, -0.1) is 0 Å². The lowest BCUT2D eigenvalue weighted by Crippen LogP contribution is -2.51. The summed E-state index contributed by atoms with van der Waals surface area (Å²) in [4.78, 5) is 0. The fourth-order valence-electron chi connectivity index (χ4n) is 7.18. The van der Waals surface area contributed by atoms with Crippen molar-refractivity contribution in [2.24, 2.45) is 17.3 Å². The van der Waals surface area contributed by atoms with E-state index in [1.165, 1.54) is 36.0 Å². The van der Waals surface area contributed by atoms with E-state index in [9.17, 15) is 5.11 Å². The number of hydrogen-bond donors (Lipinski definition) is 1. The highest BCUT2D eigenvalue weighted by molar-refractivity contribution is 5.55. The maximum absolute atomic E-state index is 10.1. The number of benzene rings is 2. The van der Waals surface area contributed by atoms with E-state index in [0.29, 0.717) is 17.8 Å². The molecule has 1 saturated carbocycles. The molecular formula is C33H46O3. The first kappa shape index (κ1) is 26.8. The van der Waals surface area contributed by atoms with Crippen LogP contribution in [-0.2, 0) is 5.41 Å². The predicted molar refractivity (Wildman–Crippen MR) is 149 cm³/mol. The highest BCUT2D eigenvalue weighted by atomic mass is 16.5. The Morgan fingerprint density at radius 1 is 1.03 bits per heavy atom. The first-order valence-corrected chi connectivity index (χ1v) is 13.8. The van der Waals surface area contributed by atoms with Crippen molar-refractivity contribution in [3.8, 4) is 11.5 Å². The molecule has 0 amide bonds. The number of methoxy groups -OCH3 is 2. The molecule has 0 aromatic heterocycles. The summed E-state index contributed by atoms with van der Waals surface area (Å²) in [5, 5.41) is 10.1. The summed E-state index contributed by atoms with van der Waals surface area (Å²) in [7, 11) is 3.55. The van der Waals surface area contributed by atoms with Crippen LogP contribution in [0.15, 0.2) is 54.1 Å². The number of hydrogen-bond acceptors (Lipinski definition) is 3. The minimum Gasteiger partial charge on any atom is -0.496 e. The third-order valence-corrected chi connectivity index (χ3v) is 9.59. The largest absolute Gasteiger partial charge is 0.496 e. The number of aliphatic hydroxyl groups is 1. The molecule has 0 saturated heterocycles. The standard InChI is InChI=1S/C33H46O3/c1-8-9-11-16-26(22-14-12-10-13-15-22)32(2,3)24-18-29(35-6)31(30(19-24)36-7)25-17-23(21-34)27-20-28(25)33(27,4)5/h10,12-15,17-19,25-28,34H,8-9,11,16,20-21H2,1-7H3/t25-,26+,27+,28-/m0/s1. The van der Waals surface area contributed by atoms with Crippen LogP contribution in [0.4, 0.5) is 0 Å². The Labute approximate surface area is 218 Å². The Hall–Kier alpha value is -2.26. The van der Waals surface area contributed by atoms with E-state index in [1.54, 1.807) is 14.2 Å². The van der Waals surface area contributed by atoms with Crippen LogP contribution in [-0.4, -0.2) is 25.9 Å². The van der Waals surface area contributed by atoms with Gasteiger partial charge in [0.25, 0.3) is 0 Å². The predicted octanol–water partition coefficient (Wildman–Crippen LogP) is 8.02. The number of unbranched alkanes of at least 4 members (excludes halogenated alkanes) is 2. The van der Waals surface area contributed by atoms with Gasteiger partial charge in [0.1, 0.15) is 11.5 Å². The number of aliphatic hydroxyl groups excluding tert-OH is 1. The van der Waals surface area contributed by atoms with Crippen molar-refractivity contribution in [3.63, 3.8) is 0 Å². The SMILES string of the molecule is CCCCC[C@H](c1ccccc1)C(C)(C)c1cc(OC)c([C@H]2C=C(CO)[C@H]3C[C@@H]2C3(C)C)c(OC)c1. The molecule has 196 valence electrons. The Bertz CT molecular complexity index is 1040. The number of fused-ring (bicyclic) bond motifs is 1. The molecule has 2 aromatic carbocycles. The van der Waals surface area contributed by atoms with Gasteiger partial charge in [-0.25, -0.2) is 0 Å². The zero-order chi connectivity index (χ0) is 26.1. The Morgan fingerprint density at radius 3 is 2.19 bits per heavy atom. The molecule has 0 unspecified atom stereocenters. The average Bonchev–Trinajstić information content (AvgIpc) is 2.89. The highest BCUT2D eigenvalue weighted by Crippen LogP contribution is 2.65. The molecule has 0 aliphatic heterocycles. The van der Waals surface area contributed by atoms with E-state index in [4.69, 9.17) is 9.47 Å². The molecular weight excluding hydrogens is 444 g/mol. The van der Waals surface area contributed by atoms with E-state index in [2.05, 4.69) is 83.2 Å². The van der Waals surface area contributed by atoms with Crippen molar-refractivity contribution in [2.45, 2.75) is 84.0 Å². The minimum atomic E-state index is -0.103. The van der Waals surface area contributed by atoms with Crippen molar-refractivity contribution in [3.05, 3.63) is 70.8 Å². The number of ether oxygens (including phenoxy) is 2. The molecule has 5 rings (SSSR count). The highest BCUT2D eigenvalue weighted by Gasteiger charge is 2.56. The van der Waals surface area contributed by atoms with Crippen molar-refractivity contribution >= 4 is 0 Å². The molecule has 0 heterocycles. The zero-order valence-electron chi connectivity index (χ0n) is 23.4. The van der Waals surface area contributed by atoms with Crippen molar-refractivity contribution < 1.29 is 14.6 Å². The molecule has 1 N–H and O–H groups in total. The van der Waals surface area contributed by atoms with Crippen LogP contribution in [0.5, 0.6) is 11.5 Å². The first-order valence-electron chi connectivity index (χ1n) is 13.8. The van der Waals surface area contributed by atoms with Crippen LogP contribution in [0.25, 0.3) is 0 Å². The van der Waals surface area contributed by atoms with E-state index >= 15 is 0 Å². The van der Waals surface area contributed by atoms with Gasteiger partial charge in [-0.1, -0.05) is 90.3 Å². The lowest BCUT2D eigenvalue weighted by atomic mass is 9.45. The molecule has 3 aliphatic rings. The summed E-state index contributed by atoms with van der Waals surface area (Å²) in [5.74, 6) is 3.38. The van der Waals surface area contributed by atoms with Crippen molar-refractivity contribution in [2.75, 3.05) is 20.8 Å². The molecule has 3 aliphatic carbocycles. The number of rotatable bonds is 11. The van der Waals surface area contributed by atoms with E-state index < -0.39 is 0 Å². The number of allylic oxidation sites excluding steroid dienone is 1. The summed E-state index contributed by atoms with van der Waals surface area (Å²) in [6, 6.07) is 15.5. The van der Waals surface area contributed by atoms with Gasteiger partial charge in [0, 0.05) is 11.5 Å². The quantitative estimate of drug-likeness (QED) is 0.256. The summed E-state index contributed by atoms with van der Waals surface area (Å²) in [6.45, 7) is 11.8. The molecule has 0 radical (unpaired) electrons. The molecule has 4 atom stereocenters. The maximum atomic E-state index is 10.1. The molecule has 0 spiro atoms. The van der Waals surface area contributed by atoms with Crippen LogP contribution in [0.2, 0.25) is 0 Å². The van der Waals surface area contributed by atoms with Gasteiger partial charge in [-0.3, -0.25) is 0 Å². The molecule has 2 bridgehead atoms. The van der Waals surface area contributed by atoms with E-state index in [1.807, 2.05) is 0 Å². The van der Waals surface area contributed by atoms with Crippen molar-refractivity contribution in [1.82, 2.24) is 0 Å². The third-order valence-electron chi connectivity index (χ3n) is 9.59. The van der Waals surface area contributed by atoms with Gasteiger partial charge in [0.2, 0.25) is 0 Å². The van der Waals surface area contributed by atoms with Gasteiger partial charge in [-0.05, 0) is 70.3 Å². The van der Waals surface area contributed by atoms with Crippen LogP contribution < -0.4 is 9.47 Å². The first-order chi connectivity index (χ1) is 17.2. The lowest BCUT2D eigenvalue weighted by Gasteiger charge is -2.59. The monoisotopic (exact) mass is 490 g/mol. The Kier molecular flexibility index (Phi) is 7.90. The maximum Gasteiger partial charge on any atom is 0.126 e. The smallest absolute Gasteiger partial charge is 0.126 e. The molecule has 3 nitrogen and oxygen atoms in total. The van der Waals surface area contributed by atoms with E-state index in [0.717, 1.165) is 29.9 Å². The summed E-state index contributed by atoms with van der Waals surface area (Å²) in [6.07, 6.45) is 8.27. The normalized spacial score (nSPS) is 23.4. The lowest BCUT2D eigenvalue weighted by molar-refractivity contribution is -0.0260. The summed E-state index contributed by atoms with van der Waals surface area (Å²) < 4.78 is 12.2. The van der Waals surface area contributed by atoms with Gasteiger partial charge in [0.05, 0.1) is 20.8 Å². The molecule has 3 heteroatoms. The van der Waals surface area contributed by atoms with Gasteiger partial charge in [-0.2, -0.15) is 0 Å². The molecule has 1 fully saturated rings. The van der Waals surface area contributed by atoms with Gasteiger partial charge in [0.15, 0.2) is 0 Å². The van der Waals surface area contributed by atoms with Gasteiger partial charge >= 0.3 is 0 Å². The summed E-state index contributed by atoms with van der Waals surface area (Å²) >= 11 is 0. The van der Waals surface area contributed by atoms with E-state index in [-0.39, 0.29) is 23.4 Å². The second-order valence-corrected chi connectivity index (χ2v) is 12.1. The second-order valence-electron chi connectivity index (χ2n) is 12.1. The molecule has 36 heavy (non-hydrogen) atoms. The average molecular weight is 491 g/mol. The van der Waals surface area contributed by atoms with Crippen LogP contribution in [0.3, 0.4) is 0 Å². The fourth-order valence-corrected chi connectivity index (χ4v) is 7.18. The van der Waals surface area contributed by atoms with Crippen molar-refractivity contribution in [1.29, 1.82) is 0 Å².